The molecule has 0 aromatic heterocycles. The predicted molar refractivity (Wildman–Crippen MR) is 75.1 cm³/mol. The van der Waals surface area contributed by atoms with Crippen molar-refractivity contribution in [1.29, 1.82) is 0 Å². The molecule has 0 fully saturated rings. The second-order valence-corrected chi connectivity index (χ2v) is 4.42. The monoisotopic (exact) mass is 222 g/mol. The van der Waals surface area contributed by atoms with Crippen molar-refractivity contribution >= 4 is 6.08 Å². The van der Waals surface area contributed by atoms with Crippen LogP contribution in [0.3, 0.4) is 0 Å². The second kappa shape index (κ2) is 5.49. The molecule has 0 aliphatic carbocycles. The lowest BCUT2D eigenvalue weighted by atomic mass is 9.95. The van der Waals surface area contributed by atoms with Crippen molar-refractivity contribution in [2.75, 3.05) is 0 Å². The van der Waals surface area contributed by atoms with E-state index in [1.165, 1.54) is 16.7 Å². The molecule has 2 rings (SSSR count). The molecule has 0 spiro atoms. The molecule has 0 heterocycles. The Labute approximate surface area is 104 Å². The number of rotatable bonds is 3. The first-order valence-electron chi connectivity index (χ1n) is 6.06. The van der Waals surface area contributed by atoms with E-state index in [0.717, 1.165) is 0 Å². The number of hydrogen-bond donors (Lipinski definition) is 0. The first-order chi connectivity index (χ1) is 8.27. The normalized spacial score (nSPS) is 12.8. The summed E-state index contributed by atoms with van der Waals surface area (Å²) < 4.78 is 0. The molecule has 0 nitrogen and oxygen atoms in total. The van der Waals surface area contributed by atoms with Crippen LogP contribution >= 0.6 is 0 Å². The van der Waals surface area contributed by atoms with Gasteiger partial charge in [-0.3, -0.25) is 0 Å². The molecule has 0 radical (unpaired) electrons. The highest BCUT2D eigenvalue weighted by molar-refractivity contribution is 5.50. The molecule has 2 aromatic carbocycles. The van der Waals surface area contributed by atoms with Gasteiger partial charge in [0.25, 0.3) is 0 Å². The summed E-state index contributed by atoms with van der Waals surface area (Å²) in [6.45, 7) is 4.41. The summed E-state index contributed by atoms with van der Waals surface area (Å²) in [4.78, 5) is 0. The third-order valence-corrected chi connectivity index (χ3v) is 3.06. The Bertz CT molecular complexity index is 494. The minimum atomic E-state index is 0.455. The molecule has 0 aliphatic rings. The quantitative estimate of drug-likeness (QED) is 0.699. The molecular weight excluding hydrogens is 204 g/mol. The van der Waals surface area contributed by atoms with Gasteiger partial charge in [0.05, 0.1) is 0 Å². The largest absolute Gasteiger partial charge is 0.0767 e. The molecular formula is C17H18. The van der Waals surface area contributed by atoms with Crippen molar-refractivity contribution in [3.05, 3.63) is 77.4 Å². The predicted octanol–water partition coefficient (Wildman–Crippen LogP) is 4.81. The lowest BCUT2D eigenvalue weighted by Crippen LogP contribution is -1.92. The van der Waals surface area contributed by atoms with E-state index >= 15 is 0 Å². The van der Waals surface area contributed by atoms with Gasteiger partial charge < -0.3 is 0 Å². The minimum Gasteiger partial charge on any atom is -0.0767 e. The third kappa shape index (κ3) is 3.07. The van der Waals surface area contributed by atoms with Crippen molar-refractivity contribution in [1.82, 2.24) is 0 Å². The van der Waals surface area contributed by atoms with Gasteiger partial charge in [0, 0.05) is 0 Å². The highest BCUT2D eigenvalue weighted by Crippen LogP contribution is 2.21. The van der Waals surface area contributed by atoms with Crippen LogP contribution < -0.4 is 0 Å². The zero-order chi connectivity index (χ0) is 12.1. The molecule has 0 saturated heterocycles. The van der Waals surface area contributed by atoms with E-state index in [1.54, 1.807) is 0 Å². The number of aryl methyl sites for hydroxylation is 1. The van der Waals surface area contributed by atoms with Crippen molar-refractivity contribution in [3.63, 3.8) is 0 Å². The van der Waals surface area contributed by atoms with E-state index in [4.69, 9.17) is 0 Å². The number of allylic oxidation sites excluding steroid dienone is 1. The molecule has 2 aromatic rings. The number of hydrogen-bond acceptors (Lipinski definition) is 0. The van der Waals surface area contributed by atoms with Crippen LogP contribution in [0, 0.1) is 6.92 Å². The summed E-state index contributed by atoms with van der Waals surface area (Å²) in [5, 5.41) is 0. The van der Waals surface area contributed by atoms with Crippen LogP contribution in [0.1, 0.15) is 29.5 Å². The average Bonchev–Trinajstić information content (AvgIpc) is 2.38. The molecule has 0 bridgehead atoms. The third-order valence-electron chi connectivity index (χ3n) is 3.06. The lowest BCUT2D eigenvalue weighted by molar-refractivity contribution is 0.957. The van der Waals surface area contributed by atoms with Crippen LogP contribution in [-0.4, -0.2) is 0 Å². The molecule has 0 heteroatoms. The van der Waals surface area contributed by atoms with Crippen molar-refractivity contribution in [2.45, 2.75) is 19.8 Å². The van der Waals surface area contributed by atoms with Crippen LogP contribution in [-0.2, 0) is 0 Å². The Hall–Kier alpha value is -1.82. The zero-order valence-electron chi connectivity index (χ0n) is 10.4. The van der Waals surface area contributed by atoms with E-state index in [2.05, 4.69) is 74.5 Å². The second-order valence-electron chi connectivity index (χ2n) is 4.42. The molecule has 0 unspecified atom stereocenters. The summed E-state index contributed by atoms with van der Waals surface area (Å²) in [7, 11) is 0. The Morgan fingerprint density at radius 1 is 0.882 bits per heavy atom. The highest BCUT2D eigenvalue weighted by atomic mass is 14.1. The zero-order valence-corrected chi connectivity index (χ0v) is 10.4. The van der Waals surface area contributed by atoms with Gasteiger partial charge in [0.1, 0.15) is 0 Å². The molecule has 1 atom stereocenters. The summed E-state index contributed by atoms with van der Waals surface area (Å²) in [5.74, 6) is 0.455. The lowest BCUT2D eigenvalue weighted by Gasteiger charge is -2.10. The fourth-order valence-electron chi connectivity index (χ4n) is 2.02. The van der Waals surface area contributed by atoms with Gasteiger partial charge >= 0.3 is 0 Å². The molecule has 0 saturated carbocycles. The van der Waals surface area contributed by atoms with Crippen molar-refractivity contribution in [2.24, 2.45) is 0 Å². The maximum absolute atomic E-state index is 2.26. The van der Waals surface area contributed by atoms with Gasteiger partial charge in [0.15, 0.2) is 0 Å². The van der Waals surface area contributed by atoms with E-state index in [1.807, 2.05) is 6.07 Å². The summed E-state index contributed by atoms with van der Waals surface area (Å²) in [6.07, 6.45) is 4.45. The van der Waals surface area contributed by atoms with Gasteiger partial charge in [0.2, 0.25) is 0 Å². The first-order valence-corrected chi connectivity index (χ1v) is 6.06. The van der Waals surface area contributed by atoms with Crippen LogP contribution in [0.25, 0.3) is 6.08 Å². The molecule has 86 valence electrons. The summed E-state index contributed by atoms with van der Waals surface area (Å²) in [6, 6.07) is 19.0. The fourth-order valence-corrected chi connectivity index (χ4v) is 2.02. The fraction of sp³-hybridized carbons (Fsp3) is 0.176. The average molecular weight is 222 g/mol. The van der Waals surface area contributed by atoms with Gasteiger partial charge in [-0.2, -0.15) is 0 Å². The Kier molecular flexibility index (Phi) is 3.77. The molecule has 17 heavy (non-hydrogen) atoms. The Balaban J connectivity index is 2.15. The van der Waals surface area contributed by atoms with Crippen molar-refractivity contribution < 1.29 is 0 Å². The van der Waals surface area contributed by atoms with E-state index in [-0.39, 0.29) is 0 Å². The maximum Gasteiger partial charge on any atom is -0.000449 e. The topological polar surface area (TPSA) is 0 Å². The SMILES string of the molecule is Cc1ccccc1[C@H](C)/C=C/c1ccccc1. The smallest absolute Gasteiger partial charge is 0.000449 e. The molecule has 0 amide bonds. The van der Waals surface area contributed by atoms with Gasteiger partial charge in [-0.25, -0.2) is 0 Å². The highest BCUT2D eigenvalue weighted by Gasteiger charge is 2.03. The summed E-state index contributed by atoms with van der Waals surface area (Å²) >= 11 is 0. The van der Waals surface area contributed by atoms with Crippen LogP contribution in [0.5, 0.6) is 0 Å². The van der Waals surface area contributed by atoms with E-state index in [0.29, 0.717) is 5.92 Å². The van der Waals surface area contributed by atoms with Crippen LogP contribution in [0.4, 0.5) is 0 Å². The van der Waals surface area contributed by atoms with Crippen LogP contribution in [0.15, 0.2) is 60.7 Å². The Morgan fingerprint density at radius 2 is 1.53 bits per heavy atom. The Morgan fingerprint density at radius 3 is 2.24 bits per heavy atom. The van der Waals surface area contributed by atoms with E-state index in [9.17, 15) is 0 Å². The first kappa shape index (κ1) is 11.7. The molecule has 0 N–H and O–H groups in total. The molecule has 0 aliphatic heterocycles. The summed E-state index contributed by atoms with van der Waals surface area (Å²) in [5.41, 5.74) is 4.02. The standard InChI is InChI=1S/C17H18/c1-14-8-6-7-11-17(14)15(2)12-13-16-9-4-3-5-10-16/h3-13,15H,1-2H3/b13-12+/t15-/m1/s1. The van der Waals surface area contributed by atoms with E-state index < -0.39 is 0 Å². The maximum atomic E-state index is 2.26. The number of benzene rings is 2. The van der Waals surface area contributed by atoms with Crippen LogP contribution in [0.2, 0.25) is 0 Å². The minimum absolute atomic E-state index is 0.455. The van der Waals surface area contributed by atoms with Gasteiger partial charge in [-0.15, -0.1) is 0 Å². The van der Waals surface area contributed by atoms with Crippen molar-refractivity contribution in [3.8, 4) is 0 Å². The van der Waals surface area contributed by atoms with Gasteiger partial charge in [-0.1, -0.05) is 73.7 Å². The van der Waals surface area contributed by atoms with Gasteiger partial charge in [-0.05, 0) is 29.5 Å².